The van der Waals surface area contributed by atoms with E-state index in [-0.39, 0.29) is 10.2 Å². The zero-order valence-corrected chi connectivity index (χ0v) is 15.4. The Bertz CT molecular complexity index is 800. The summed E-state index contributed by atoms with van der Waals surface area (Å²) in [5.74, 6) is 0. The van der Waals surface area contributed by atoms with Crippen LogP contribution in [-0.4, -0.2) is 48.9 Å². The van der Waals surface area contributed by atoms with Crippen molar-refractivity contribution < 1.29 is 8.42 Å². The molecule has 0 bridgehead atoms. The molecule has 3 rings (SSSR count). The fourth-order valence-electron chi connectivity index (χ4n) is 3.31. The number of nitrogens with one attached hydrogen (secondary N) is 1. The summed E-state index contributed by atoms with van der Waals surface area (Å²) in [5, 5.41) is -0.00517. The Kier molecular flexibility index (Phi) is 5.44. The quantitative estimate of drug-likeness (QED) is 0.848. The van der Waals surface area contributed by atoms with Crippen LogP contribution in [0.5, 0.6) is 0 Å². The zero-order chi connectivity index (χ0) is 17.2. The van der Waals surface area contributed by atoms with E-state index in [0.29, 0.717) is 24.8 Å². The van der Waals surface area contributed by atoms with Gasteiger partial charge in [0.25, 0.3) is 10.0 Å². The van der Waals surface area contributed by atoms with Gasteiger partial charge in [-0.25, -0.2) is 18.1 Å². The fourth-order valence-corrected chi connectivity index (χ4v) is 4.97. The second kappa shape index (κ2) is 7.39. The van der Waals surface area contributed by atoms with E-state index in [1.165, 1.54) is 36.5 Å². The Hall–Kier alpha value is -1.15. The molecule has 24 heavy (non-hydrogen) atoms. The first-order valence-electron chi connectivity index (χ1n) is 8.31. The van der Waals surface area contributed by atoms with E-state index in [9.17, 15) is 8.42 Å². The maximum Gasteiger partial charge on any atom is 0.259 e. The van der Waals surface area contributed by atoms with Crippen LogP contribution in [0.3, 0.4) is 0 Å². The molecule has 132 valence electrons. The van der Waals surface area contributed by atoms with Crippen LogP contribution >= 0.6 is 11.6 Å². The summed E-state index contributed by atoms with van der Waals surface area (Å²) < 4.78 is 29.4. The molecular formula is C16H23ClN4O2S. The lowest BCUT2D eigenvalue weighted by atomic mass is 9.94. The summed E-state index contributed by atoms with van der Waals surface area (Å²) >= 11 is 6.05. The van der Waals surface area contributed by atoms with Crippen molar-refractivity contribution in [3.05, 3.63) is 29.5 Å². The minimum Gasteiger partial charge on any atom is -0.302 e. The Balaban J connectivity index is 1.66. The molecule has 2 aromatic heterocycles. The molecule has 0 aliphatic heterocycles. The molecule has 1 aliphatic carbocycles. The molecule has 0 radical (unpaired) electrons. The van der Waals surface area contributed by atoms with Crippen LogP contribution in [0.25, 0.3) is 5.65 Å². The van der Waals surface area contributed by atoms with E-state index in [0.717, 1.165) is 0 Å². The van der Waals surface area contributed by atoms with Gasteiger partial charge >= 0.3 is 0 Å². The molecule has 2 heterocycles. The molecule has 1 saturated carbocycles. The van der Waals surface area contributed by atoms with E-state index >= 15 is 0 Å². The Labute approximate surface area is 147 Å². The molecule has 8 heteroatoms. The van der Waals surface area contributed by atoms with Gasteiger partial charge in [0, 0.05) is 25.3 Å². The summed E-state index contributed by atoms with van der Waals surface area (Å²) in [4.78, 5) is 6.34. The second-order valence-corrected chi connectivity index (χ2v) is 8.35. The number of likely N-dealkylation sites (N-methyl/N-ethyl adjacent to an activating group) is 1. The maximum atomic E-state index is 12.6. The SMILES string of the molecule is CN(CCNS(=O)(=O)c1c(Cl)nc2ccccn12)C1CCCCC1. The van der Waals surface area contributed by atoms with Crippen molar-refractivity contribution in [3.63, 3.8) is 0 Å². The maximum absolute atomic E-state index is 12.6. The number of sulfonamides is 1. The highest BCUT2D eigenvalue weighted by atomic mass is 35.5. The standard InChI is InChI=1S/C16H23ClN4O2S/c1-20(13-7-3-2-4-8-13)12-10-18-24(22,23)16-15(17)19-14-9-5-6-11-21(14)16/h5-6,9,11,13,18H,2-4,7-8,10,12H2,1H3. The molecule has 0 aromatic carbocycles. The van der Waals surface area contributed by atoms with Crippen molar-refractivity contribution in [1.82, 2.24) is 19.0 Å². The van der Waals surface area contributed by atoms with Gasteiger partial charge in [0.1, 0.15) is 5.65 Å². The van der Waals surface area contributed by atoms with Crippen molar-refractivity contribution >= 4 is 27.3 Å². The first kappa shape index (κ1) is 17.7. The lowest BCUT2D eigenvalue weighted by Crippen LogP contribution is -2.39. The molecule has 1 aliphatic rings. The van der Waals surface area contributed by atoms with Crippen LogP contribution in [0, 0.1) is 0 Å². The van der Waals surface area contributed by atoms with Crippen LogP contribution in [0.4, 0.5) is 0 Å². The van der Waals surface area contributed by atoms with Gasteiger partial charge in [-0.1, -0.05) is 36.9 Å². The topological polar surface area (TPSA) is 66.7 Å². The number of hydrogen-bond acceptors (Lipinski definition) is 4. The predicted molar refractivity (Wildman–Crippen MR) is 94.9 cm³/mol. The minimum atomic E-state index is -3.71. The smallest absolute Gasteiger partial charge is 0.259 e. The predicted octanol–water partition coefficient (Wildman–Crippen LogP) is 2.53. The molecule has 0 amide bonds. The third-order valence-electron chi connectivity index (χ3n) is 4.66. The molecule has 1 N–H and O–H groups in total. The van der Waals surface area contributed by atoms with Crippen LogP contribution in [0.15, 0.2) is 29.4 Å². The van der Waals surface area contributed by atoms with Crippen molar-refractivity contribution in [2.24, 2.45) is 0 Å². The van der Waals surface area contributed by atoms with Crippen molar-refractivity contribution in [1.29, 1.82) is 0 Å². The van der Waals surface area contributed by atoms with Crippen molar-refractivity contribution in [2.45, 2.75) is 43.2 Å². The fraction of sp³-hybridized carbons (Fsp3) is 0.562. The van der Waals surface area contributed by atoms with Gasteiger partial charge in [0.15, 0.2) is 10.2 Å². The lowest BCUT2D eigenvalue weighted by Gasteiger charge is -2.31. The van der Waals surface area contributed by atoms with E-state index in [2.05, 4.69) is 21.7 Å². The molecule has 0 saturated heterocycles. The molecular weight excluding hydrogens is 348 g/mol. The molecule has 2 aromatic rings. The first-order valence-corrected chi connectivity index (χ1v) is 10.2. The van der Waals surface area contributed by atoms with Crippen LogP contribution < -0.4 is 4.72 Å². The Morgan fingerprint density at radius 1 is 1.33 bits per heavy atom. The second-order valence-electron chi connectivity index (χ2n) is 6.31. The molecule has 1 fully saturated rings. The van der Waals surface area contributed by atoms with Gasteiger partial charge in [-0.05, 0) is 32.0 Å². The summed E-state index contributed by atoms with van der Waals surface area (Å²) in [5.41, 5.74) is 0.516. The van der Waals surface area contributed by atoms with Crippen LogP contribution in [-0.2, 0) is 10.0 Å². The van der Waals surface area contributed by atoms with Crippen molar-refractivity contribution in [2.75, 3.05) is 20.1 Å². The number of rotatable bonds is 6. The number of imidazole rings is 1. The summed E-state index contributed by atoms with van der Waals surface area (Å²) in [6, 6.07) is 5.83. The number of nitrogens with zero attached hydrogens (tertiary/aromatic N) is 3. The van der Waals surface area contributed by atoms with Gasteiger partial charge in [-0.2, -0.15) is 0 Å². The largest absolute Gasteiger partial charge is 0.302 e. The average Bonchev–Trinajstić information content (AvgIpc) is 2.92. The van der Waals surface area contributed by atoms with Crippen LogP contribution in [0.1, 0.15) is 32.1 Å². The zero-order valence-electron chi connectivity index (χ0n) is 13.8. The van der Waals surface area contributed by atoms with E-state index in [1.807, 2.05) is 0 Å². The summed E-state index contributed by atoms with van der Waals surface area (Å²) in [6.45, 7) is 1.03. The molecule has 0 spiro atoms. The molecule has 6 nitrogen and oxygen atoms in total. The lowest BCUT2D eigenvalue weighted by molar-refractivity contribution is 0.195. The van der Waals surface area contributed by atoms with Crippen LogP contribution in [0.2, 0.25) is 5.15 Å². The van der Waals surface area contributed by atoms with E-state index < -0.39 is 10.0 Å². The Morgan fingerprint density at radius 3 is 2.83 bits per heavy atom. The monoisotopic (exact) mass is 370 g/mol. The summed E-state index contributed by atoms with van der Waals surface area (Å²) in [7, 11) is -1.65. The van der Waals surface area contributed by atoms with Gasteiger partial charge in [-0.3, -0.25) is 4.40 Å². The number of fused-ring (bicyclic) bond motifs is 1. The first-order chi connectivity index (χ1) is 11.5. The van der Waals surface area contributed by atoms with Crippen molar-refractivity contribution in [3.8, 4) is 0 Å². The van der Waals surface area contributed by atoms with Gasteiger partial charge in [-0.15, -0.1) is 0 Å². The highest BCUT2D eigenvalue weighted by Crippen LogP contribution is 2.23. The normalized spacial score (nSPS) is 17.0. The third kappa shape index (κ3) is 3.74. The Morgan fingerprint density at radius 2 is 2.08 bits per heavy atom. The third-order valence-corrected chi connectivity index (χ3v) is 6.51. The van der Waals surface area contributed by atoms with E-state index in [1.54, 1.807) is 24.4 Å². The highest BCUT2D eigenvalue weighted by Gasteiger charge is 2.24. The summed E-state index contributed by atoms with van der Waals surface area (Å²) in [6.07, 6.45) is 7.88. The highest BCUT2D eigenvalue weighted by molar-refractivity contribution is 7.89. The van der Waals surface area contributed by atoms with Gasteiger partial charge in [0.05, 0.1) is 0 Å². The van der Waals surface area contributed by atoms with Gasteiger partial charge in [0.2, 0.25) is 0 Å². The number of pyridine rings is 1. The molecule has 0 unspecified atom stereocenters. The van der Waals surface area contributed by atoms with E-state index in [4.69, 9.17) is 11.6 Å². The number of halogens is 1. The average molecular weight is 371 g/mol. The molecule has 0 atom stereocenters. The minimum absolute atomic E-state index is 0.0000797. The number of hydrogen-bond donors (Lipinski definition) is 1. The number of aromatic nitrogens is 2. The van der Waals surface area contributed by atoms with Gasteiger partial charge < -0.3 is 4.90 Å².